The second kappa shape index (κ2) is 5.73. The van der Waals surface area contributed by atoms with Crippen molar-refractivity contribution in [2.45, 2.75) is 18.4 Å². The van der Waals surface area contributed by atoms with Gasteiger partial charge in [0, 0.05) is 18.7 Å². The minimum atomic E-state index is -0.901. The van der Waals surface area contributed by atoms with Crippen LogP contribution in [-0.2, 0) is 20.7 Å². The van der Waals surface area contributed by atoms with Gasteiger partial charge >= 0.3 is 5.97 Å². The topological polar surface area (TPSA) is 89.7 Å². The van der Waals surface area contributed by atoms with Crippen molar-refractivity contribution in [3.05, 3.63) is 65.2 Å². The van der Waals surface area contributed by atoms with E-state index in [1.165, 1.54) is 4.90 Å². The second-order valence-electron chi connectivity index (χ2n) is 6.22. The van der Waals surface area contributed by atoms with E-state index in [9.17, 15) is 14.4 Å². The molecule has 2 atom stereocenters. The number of carbonyl (C=O) groups is 3. The lowest BCUT2D eigenvalue weighted by Crippen LogP contribution is -2.44. The molecule has 0 spiro atoms. The highest BCUT2D eigenvalue weighted by Gasteiger charge is 2.40. The molecule has 0 saturated carbocycles. The molecule has 0 fully saturated rings. The summed E-state index contributed by atoms with van der Waals surface area (Å²) in [6, 6.07) is 14.3. The summed E-state index contributed by atoms with van der Waals surface area (Å²) in [5.41, 5.74) is 8.13. The van der Waals surface area contributed by atoms with E-state index in [4.69, 9.17) is 10.5 Å². The molecule has 0 saturated heterocycles. The van der Waals surface area contributed by atoms with Gasteiger partial charge in [-0.3, -0.25) is 9.59 Å². The Bertz CT molecular complexity index is 892. The van der Waals surface area contributed by atoms with Crippen LogP contribution >= 0.6 is 0 Å². The highest BCUT2D eigenvalue weighted by Crippen LogP contribution is 2.37. The van der Waals surface area contributed by atoms with Crippen LogP contribution in [0.5, 0.6) is 0 Å². The maximum Gasteiger partial charge on any atom is 0.339 e. The Morgan fingerprint density at radius 2 is 1.80 bits per heavy atom. The molecule has 2 unspecified atom stereocenters. The molecule has 2 aromatic carbocycles. The maximum absolute atomic E-state index is 13.0. The molecule has 2 aliphatic heterocycles. The second-order valence-corrected chi connectivity index (χ2v) is 6.22. The molecule has 0 bridgehead atoms. The van der Waals surface area contributed by atoms with Crippen LogP contribution in [0, 0.1) is 0 Å². The van der Waals surface area contributed by atoms with Crippen molar-refractivity contribution in [3.63, 3.8) is 0 Å². The number of fused-ring (bicyclic) bond motifs is 2. The van der Waals surface area contributed by atoms with Crippen molar-refractivity contribution in [3.8, 4) is 0 Å². The Labute approximate surface area is 144 Å². The monoisotopic (exact) mass is 336 g/mol. The SMILES string of the molecule is NC(=O)C1CN(C(=O)C2Cc3ccccc3C(=O)O2)c2ccccc21. The molecule has 2 N–H and O–H groups in total. The smallest absolute Gasteiger partial charge is 0.339 e. The Morgan fingerprint density at radius 3 is 2.60 bits per heavy atom. The Hall–Kier alpha value is -3.15. The quantitative estimate of drug-likeness (QED) is 0.839. The standard InChI is InChI=1S/C19H16N2O4/c20-17(22)14-10-21(15-8-4-3-7-13(14)15)18(23)16-9-11-5-1-2-6-12(11)19(24)25-16/h1-8,14,16H,9-10H2,(H2,20,22). The van der Waals surface area contributed by atoms with Crippen molar-refractivity contribution in [2.75, 3.05) is 11.4 Å². The van der Waals surface area contributed by atoms with Gasteiger partial charge in [-0.1, -0.05) is 36.4 Å². The number of amides is 2. The van der Waals surface area contributed by atoms with Gasteiger partial charge in [-0.2, -0.15) is 0 Å². The van der Waals surface area contributed by atoms with Gasteiger partial charge in [0.25, 0.3) is 5.91 Å². The van der Waals surface area contributed by atoms with Gasteiger partial charge in [0.2, 0.25) is 5.91 Å². The van der Waals surface area contributed by atoms with E-state index in [0.717, 1.165) is 11.1 Å². The number of cyclic esters (lactones) is 1. The molecule has 126 valence electrons. The first kappa shape index (κ1) is 15.4. The third-order valence-electron chi connectivity index (χ3n) is 4.74. The number of hydrogen-bond acceptors (Lipinski definition) is 4. The number of para-hydroxylation sites is 1. The number of benzene rings is 2. The first-order valence-electron chi connectivity index (χ1n) is 8.05. The Balaban J connectivity index is 1.65. The number of ether oxygens (including phenoxy) is 1. The van der Waals surface area contributed by atoms with Gasteiger partial charge in [0.05, 0.1) is 11.5 Å². The minimum absolute atomic E-state index is 0.170. The average molecular weight is 336 g/mol. The van der Waals surface area contributed by atoms with Crippen molar-refractivity contribution in [1.82, 2.24) is 0 Å². The number of hydrogen-bond donors (Lipinski definition) is 1. The maximum atomic E-state index is 13.0. The summed E-state index contributed by atoms with van der Waals surface area (Å²) < 4.78 is 5.35. The summed E-state index contributed by atoms with van der Waals surface area (Å²) in [5, 5.41) is 0. The van der Waals surface area contributed by atoms with Crippen LogP contribution in [-0.4, -0.2) is 30.4 Å². The lowest BCUT2D eigenvalue weighted by atomic mass is 9.98. The number of carbonyl (C=O) groups excluding carboxylic acids is 3. The normalized spacial score (nSPS) is 21.3. The molecule has 25 heavy (non-hydrogen) atoms. The van der Waals surface area contributed by atoms with Crippen LogP contribution < -0.4 is 10.6 Å². The molecule has 6 heteroatoms. The van der Waals surface area contributed by atoms with Crippen LogP contribution in [0.25, 0.3) is 0 Å². The summed E-state index contributed by atoms with van der Waals surface area (Å²) >= 11 is 0. The summed E-state index contributed by atoms with van der Waals surface area (Å²) in [7, 11) is 0. The fourth-order valence-electron chi connectivity index (χ4n) is 3.50. The number of primary amides is 1. The molecular formula is C19H16N2O4. The van der Waals surface area contributed by atoms with Gasteiger partial charge in [-0.15, -0.1) is 0 Å². The molecule has 0 aromatic heterocycles. The predicted octanol–water partition coefficient (Wildman–Crippen LogP) is 1.38. The number of rotatable bonds is 2. The summed E-state index contributed by atoms with van der Waals surface area (Å²) in [5.74, 6) is -1.86. The molecule has 2 aliphatic rings. The highest BCUT2D eigenvalue weighted by atomic mass is 16.5. The molecule has 2 aromatic rings. The van der Waals surface area contributed by atoms with Crippen molar-refractivity contribution < 1.29 is 19.1 Å². The molecule has 2 heterocycles. The number of anilines is 1. The number of nitrogens with two attached hydrogens (primary N) is 1. The van der Waals surface area contributed by atoms with Gasteiger partial charge < -0.3 is 15.4 Å². The van der Waals surface area contributed by atoms with Gasteiger partial charge in [-0.05, 0) is 23.3 Å². The first-order chi connectivity index (χ1) is 12.1. The van der Waals surface area contributed by atoms with Crippen molar-refractivity contribution >= 4 is 23.5 Å². The minimum Gasteiger partial charge on any atom is -0.448 e. The van der Waals surface area contributed by atoms with Crippen LogP contribution in [0.4, 0.5) is 5.69 Å². The number of nitrogens with zero attached hydrogens (tertiary/aromatic N) is 1. The average Bonchev–Trinajstić information content (AvgIpc) is 3.01. The third-order valence-corrected chi connectivity index (χ3v) is 4.74. The first-order valence-corrected chi connectivity index (χ1v) is 8.05. The van der Waals surface area contributed by atoms with Crippen LogP contribution in [0.15, 0.2) is 48.5 Å². The van der Waals surface area contributed by atoms with E-state index in [1.807, 2.05) is 12.1 Å². The van der Waals surface area contributed by atoms with Gasteiger partial charge in [0.15, 0.2) is 6.10 Å². The van der Waals surface area contributed by atoms with Crippen LogP contribution in [0.2, 0.25) is 0 Å². The van der Waals surface area contributed by atoms with Gasteiger partial charge in [0.1, 0.15) is 0 Å². The number of esters is 1. The summed E-state index contributed by atoms with van der Waals surface area (Å²) in [6.45, 7) is 0.170. The van der Waals surface area contributed by atoms with E-state index in [-0.39, 0.29) is 12.5 Å². The molecule has 4 rings (SSSR count). The molecule has 6 nitrogen and oxygen atoms in total. The molecule has 0 aliphatic carbocycles. The van der Waals surface area contributed by atoms with Crippen LogP contribution in [0.3, 0.4) is 0 Å². The lowest BCUT2D eigenvalue weighted by molar-refractivity contribution is -0.127. The molecule has 0 radical (unpaired) electrons. The van der Waals surface area contributed by atoms with Gasteiger partial charge in [-0.25, -0.2) is 4.79 Å². The van der Waals surface area contributed by atoms with E-state index in [1.54, 1.807) is 36.4 Å². The predicted molar refractivity (Wildman–Crippen MR) is 90.1 cm³/mol. The van der Waals surface area contributed by atoms with Crippen molar-refractivity contribution in [1.29, 1.82) is 0 Å². The Kier molecular flexibility index (Phi) is 3.53. The Morgan fingerprint density at radius 1 is 1.08 bits per heavy atom. The van der Waals surface area contributed by atoms with Crippen molar-refractivity contribution in [2.24, 2.45) is 5.73 Å². The molecule has 2 amide bonds. The van der Waals surface area contributed by atoms with Crippen LogP contribution in [0.1, 0.15) is 27.4 Å². The summed E-state index contributed by atoms with van der Waals surface area (Å²) in [6.07, 6.45) is -0.581. The van der Waals surface area contributed by atoms with E-state index in [2.05, 4.69) is 0 Å². The zero-order valence-electron chi connectivity index (χ0n) is 13.3. The molecular weight excluding hydrogens is 320 g/mol. The fourth-order valence-corrected chi connectivity index (χ4v) is 3.50. The fraction of sp³-hybridized carbons (Fsp3) is 0.211. The third kappa shape index (κ3) is 2.46. The largest absolute Gasteiger partial charge is 0.448 e. The van der Waals surface area contributed by atoms with E-state index < -0.39 is 23.9 Å². The zero-order chi connectivity index (χ0) is 17.6. The van der Waals surface area contributed by atoms with E-state index in [0.29, 0.717) is 17.7 Å². The lowest BCUT2D eigenvalue weighted by Gasteiger charge is -2.28. The summed E-state index contributed by atoms with van der Waals surface area (Å²) in [4.78, 5) is 38.4. The highest BCUT2D eigenvalue weighted by molar-refractivity contribution is 6.04. The van der Waals surface area contributed by atoms with E-state index >= 15 is 0 Å². The zero-order valence-corrected chi connectivity index (χ0v) is 13.3.